The average Bonchev–Trinajstić information content (AvgIpc) is 2.19. The van der Waals surface area contributed by atoms with Crippen molar-refractivity contribution in [3.8, 4) is 0 Å². The first kappa shape index (κ1) is 13.8. The molecule has 1 aliphatic rings. The number of rotatable bonds is 2. The van der Waals surface area contributed by atoms with Crippen LogP contribution in [0.4, 0.5) is 5.69 Å². The lowest BCUT2D eigenvalue weighted by molar-refractivity contribution is 0.0895. The number of carbonyl (C=O) groups is 1. The summed E-state index contributed by atoms with van der Waals surface area (Å²) in [6.45, 7) is 4.13. The van der Waals surface area contributed by atoms with E-state index >= 15 is 0 Å². The molecule has 1 aromatic carbocycles. The Morgan fingerprint density at radius 3 is 2.65 bits per heavy atom. The number of hydrogen-bond donors (Lipinski definition) is 2. The van der Waals surface area contributed by atoms with Crippen LogP contribution in [0.1, 0.15) is 35.7 Å². The Morgan fingerprint density at radius 2 is 2.06 bits per heavy atom. The van der Waals surface area contributed by atoms with Gasteiger partial charge in [0.2, 0.25) is 0 Å². The zero-order valence-corrected chi connectivity index (χ0v) is 11.0. The molecule has 0 aliphatic heterocycles. The minimum Gasteiger partial charge on any atom is -0.399 e. The highest BCUT2D eigenvalue weighted by Gasteiger charge is 2.27. The third-order valence-electron chi connectivity index (χ3n) is 3.22. The van der Waals surface area contributed by atoms with Gasteiger partial charge >= 0.3 is 0 Å². The second-order valence-corrected chi connectivity index (χ2v) is 4.82. The Morgan fingerprint density at radius 1 is 1.41 bits per heavy atom. The molecule has 1 aromatic rings. The van der Waals surface area contributed by atoms with Gasteiger partial charge in [0, 0.05) is 17.3 Å². The molecular formula is C13H19ClN2O. The minimum absolute atomic E-state index is 0. The fourth-order valence-electron chi connectivity index (χ4n) is 2.17. The summed E-state index contributed by atoms with van der Waals surface area (Å²) in [6, 6.07) is 5.79. The first-order chi connectivity index (χ1) is 7.56. The van der Waals surface area contributed by atoms with Crippen LogP contribution in [0.5, 0.6) is 0 Å². The number of benzene rings is 1. The molecule has 0 unspecified atom stereocenters. The fourth-order valence-corrected chi connectivity index (χ4v) is 2.17. The molecule has 4 heteroatoms. The van der Waals surface area contributed by atoms with E-state index in [1.807, 2.05) is 19.1 Å². The molecule has 1 amide bonds. The number of nitrogen functional groups attached to an aromatic ring is 1. The summed E-state index contributed by atoms with van der Waals surface area (Å²) in [6.07, 6.45) is 2.18. The number of nitrogens with one attached hydrogen (secondary N) is 1. The molecule has 0 saturated heterocycles. The smallest absolute Gasteiger partial charge is 0.251 e. The number of nitrogens with two attached hydrogens (primary N) is 1. The van der Waals surface area contributed by atoms with E-state index in [-0.39, 0.29) is 18.3 Å². The maximum Gasteiger partial charge on any atom is 0.251 e. The number of aryl methyl sites for hydroxylation is 1. The molecular weight excluding hydrogens is 236 g/mol. The Balaban J connectivity index is 0.00000144. The summed E-state index contributed by atoms with van der Waals surface area (Å²) in [5, 5.41) is 3.04. The van der Waals surface area contributed by atoms with E-state index in [0.29, 0.717) is 17.3 Å². The molecule has 1 fully saturated rings. The van der Waals surface area contributed by atoms with Gasteiger partial charge in [-0.3, -0.25) is 4.79 Å². The molecule has 3 N–H and O–H groups in total. The van der Waals surface area contributed by atoms with Gasteiger partial charge in [0.15, 0.2) is 0 Å². The Labute approximate surface area is 108 Å². The van der Waals surface area contributed by atoms with Crippen LogP contribution in [0.2, 0.25) is 0 Å². The van der Waals surface area contributed by atoms with Crippen molar-refractivity contribution < 1.29 is 4.79 Å². The number of carbonyl (C=O) groups excluding carboxylic acids is 1. The SMILES string of the molecule is Cc1ccc(N)cc1C(=O)NC1CC(C)C1.Cl. The molecule has 0 bridgehead atoms. The first-order valence-electron chi connectivity index (χ1n) is 5.73. The van der Waals surface area contributed by atoms with Gasteiger partial charge in [-0.15, -0.1) is 12.4 Å². The van der Waals surface area contributed by atoms with Crippen molar-refractivity contribution in [1.82, 2.24) is 5.32 Å². The van der Waals surface area contributed by atoms with Crippen LogP contribution in [-0.4, -0.2) is 11.9 Å². The van der Waals surface area contributed by atoms with E-state index in [9.17, 15) is 4.79 Å². The van der Waals surface area contributed by atoms with E-state index in [4.69, 9.17) is 5.73 Å². The van der Waals surface area contributed by atoms with Crippen LogP contribution in [-0.2, 0) is 0 Å². The van der Waals surface area contributed by atoms with Crippen LogP contribution in [0, 0.1) is 12.8 Å². The summed E-state index contributed by atoms with van der Waals surface area (Å²) < 4.78 is 0. The predicted molar refractivity (Wildman–Crippen MR) is 72.5 cm³/mol. The second kappa shape index (κ2) is 5.41. The lowest BCUT2D eigenvalue weighted by Crippen LogP contribution is -2.43. The van der Waals surface area contributed by atoms with E-state index in [0.717, 1.165) is 24.3 Å². The topological polar surface area (TPSA) is 55.1 Å². The largest absolute Gasteiger partial charge is 0.399 e. The lowest BCUT2D eigenvalue weighted by Gasteiger charge is -2.33. The van der Waals surface area contributed by atoms with Crippen molar-refractivity contribution in [2.24, 2.45) is 5.92 Å². The van der Waals surface area contributed by atoms with Gasteiger partial charge < -0.3 is 11.1 Å². The molecule has 1 saturated carbocycles. The van der Waals surface area contributed by atoms with Crippen molar-refractivity contribution in [3.63, 3.8) is 0 Å². The summed E-state index contributed by atoms with van der Waals surface area (Å²) in [4.78, 5) is 12.0. The molecule has 0 aromatic heterocycles. The highest BCUT2D eigenvalue weighted by molar-refractivity contribution is 5.96. The third kappa shape index (κ3) is 3.13. The normalized spacial score (nSPS) is 22.2. The minimum atomic E-state index is 0. The van der Waals surface area contributed by atoms with Gasteiger partial charge in [0.25, 0.3) is 5.91 Å². The molecule has 3 nitrogen and oxygen atoms in total. The van der Waals surface area contributed by atoms with Crippen LogP contribution < -0.4 is 11.1 Å². The fraction of sp³-hybridized carbons (Fsp3) is 0.462. The Bertz CT molecular complexity index is 414. The molecule has 0 atom stereocenters. The highest BCUT2D eigenvalue weighted by Crippen LogP contribution is 2.26. The number of anilines is 1. The third-order valence-corrected chi connectivity index (χ3v) is 3.22. The molecule has 1 aliphatic carbocycles. The molecule has 94 valence electrons. The summed E-state index contributed by atoms with van der Waals surface area (Å²) in [7, 11) is 0. The van der Waals surface area contributed by atoms with Crippen LogP contribution in [0.3, 0.4) is 0 Å². The maximum atomic E-state index is 12.0. The Hall–Kier alpha value is -1.22. The van der Waals surface area contributed by atoms with E-state index in [2.05, 4.69) is 12.2 Å². The van der Waals surface area contributed by atoms with E-state index < -0.39 is 0 Å². The van der Waals surface area contributed by atoms with Crippen LogP contribution >= 0.6 is 12.4 Å². The van der Waals surface area contributed by atoms with Gasteiger partial charge in [0.1, 0.15) is 0 Å². The molecule has 17 heavy (non-hydrogen) atoms. The van der Waals surface area contributed by atoms with Gasteiger partial charge in [-0.25, -0.2) is 0 Å². The predicted octanol–water partition coefficient (Wildman–Crippen LogP) is 2.53. The van der Waals surface area contributed by atoms with Crippen molar-refractivity contribution in [3.05, 3.63) is 29.3 Å². The summed E-state index contributed by atoms with van der Waals surface area (Å²) in [5.74, 6) is 0.744. The van der Waals surface area contributed by atoms with Gasteiger partial charge in [-0.05, 0) is 43.4 Å². The standard InChI is InChI=1S/C13H18N2O.ClH/c1-8-5-11(6-8)15-13(16)12-7-10(14)4-3-9(12)2;/h3-4,7-8,11H,5-6,14H2,1-2H3,(H,15,16);1H. The maximum absolute atomic E-state index is 12.0. The van der Waals surface area contributed by atoms with Gasteiger partial charge in [-0.2, -0.15) is 0 Å². The number of hydrogen-bond acceptors (Lipinski definition) is 2. The van der Waals surface area contributed by atoms with Crippen LogP contribution in [0.25, 0.3) is 0 Å². The molecule has 0 heterocycles. The summed E-state index contributed by atoms with van der Waals surface area (Å²) in [5.41, 5.74) is 7.99. The zero-order chi connectivity index (χ0) is 11.7. The second-order valence-electron chi connectivity index (χ2n) is 4.82. The lowest BCUT2D eigenvalue weighted by atomic mass is 9.82. The molecule has 2 rings (SSSR count). The van der Waals surface area contributed by atoms with Crippen molar-refractivity contribution in [2.75, 3.05) is 5.73 Å². The van der Waals surface area contributed by atoms with E-state index in [1.54, 1.807) is 6.07 Å². The van der Waals surface area contributed by atoms with Crippen LogP contribution in [0.15, 0.2) is 18.2 Å². The van der Waals surface area contributed by atoms with E-state index in [1.165, 1.54) is 0 Å². The zero-order valence-electron chi connectivity index (χ0n) is 10.2. The molecule has 0 radical (unpaired) electrons. The first-order valence-corrected chi connectivity index (χ1v) is 5.73. The number of amides is 1. The summed E-state index contributed by atoms with van der Waals surface area (Å²) >= 11 is 0. The monoisotopic (exact) mass is 254 g/mol. The van der Waals surface area contributed by atoms with Crippen molar-refractivity contribution in [1.29, 1.82) is 0 Å². The van der Waals surface area contributed by atoms with Crippen molar-refractivity contribution in [2.45, 2.75) is 32.7 Å². The Kier molecular flexibility index (Phi) is 4.40. The van der Waals surface area contributed by atoms with Gasteiger partial charge in [0.05, 0.1) is 0 Å². The highest BCUT2D eigenvalue weighted by atomic mass is 35.5. The quantitative estimate of drug-likeness (QED) is 0.797. The van der Waals surface area contributed by atoms with Gasteiger partial charge in [-0.1, -0.05) is 13.0 Å². The molecule has 0 spiro atoms. The average molecular weight is 255 g/mol. The number of halogens is 1. The van der Waals surface area contributed by atoms with Crippen molar-refractivity contribution >= 4 is 24.0 Å².